The van der Waals surface area contributed by atoms with Crippen LogP contribution < -0.4 is 5.32 Å². The number of nitrogens with zero attached hydrogens (tertiary/aromatic N) is 2. The predicted octanol–water partition coefficient (Wildman–Crippen LogP) is 1.62. The highest BCUT2D eigenvalue weighted by atomic mass is 16.5. The Kier molecular flexibility index (Phi) is 4.73. The highest BCUT2D eigenvalue weighted by Gasteiger charge is 2.29. The van der Waals surface area contributed by atoms with E-state index in [1.54, 1.807) is 13.3 Å². The summed E-state index contributed by atoms with van der Waals surface area (Å²) in [5.41, 5.74) is 1.86. The molecule has 2 aromatic rings. The number of hydrogen-bond acceptors (Lipinski definition) is 5. The summed E-state index contributed by atoms with van der Waals surface area (Å²) in [6.45, 7) is 3.50. The number of esters is 1. The van der Waals surface area contributed by atoms with Crippen LogP contribution in [-0.4, -0.2) is 46.4 Å². The molecule has 0 bridgehead atoms. The molecule has 6 nitrogen and oxygen atoms in total. The van der Waals surface area contributed by atoms with Crippen LogP contribution in [0.15, 0.2) is 36.7 Å². The number of aliphatic hydroxyl groups is 1. The molecule has 0 radical (unpaired) electrons. The van der Waals surface area contributed by atoms with E-state index in [4.69, 9.17) is 4.74 Å². The maximum absolute atomic E-state index is 12.2. The van der Waals surface area contributed by atoms with Crippen molar-refractivity contribution in [3.8, 4) is 11.3 Å². The van der Waals surface area contributed by atoms with Gasteiger partial charge in [-0.25, -0.2) is 9.78 Å². The lowest BCUT2D eigenvalue weighted by Crippen LogP contribution is -2.41. The highest BCUT2D eigenvalue weighted by Crippen LogP contribution is 2.29. The van der Waals surface area contributed by atoms with Gasteiger partial charge in [-0.1, -0.05) is 30.3 Å². The molecule has 0 amide bonds. The first-order valence-corrected chi connectivity index (χ1v) is 7.90. The molecule has 3 rings (SSSR count). The van der Waals surface area contributed by atoms with Gasteiger partial charge in [0.25, 0.3) is 0 Å². The van der Waals surface area contributed by atoms with Crippen LogP contribution in [0.3, 0.4) is 0 Å². The zero-order chi connectivity index (χ0) is 16.2. The first-order valence-electron chi connectivity index (χ1n) is 7.90. The molecule has 1 fully saturated rings. The number of carbonyl (C=O) groups is 1. The zero-order valence-electron chi connectivity index (χ0n) is 13.1. The Morgan fingerprint density at radius 1 is 1.43 bits per heavy atom. The standard InChI is InChI=1S/C17H21N3O3/c1-2-23-17(22)15-16(12-6-4-3-5-7-12)20(11-19-15)13-10-18-9-8-14(13)21/h3-7,11,13-14,18,21H,2,8-10H2,1H3. The molecular formula is C17H21N3O3. The van der Waals surface area contributed by atoms with E-state index in [2.05, 4.69) is 10.3 Å². The van der Waals surface area contributed by atoms with Crippen LogP contribution in [0.1, 0.15) is 29.9 Å². The first-order chi connectivity index (χ1) is 11.2. The van der Waals surface area contributed by atoms with Crippen molar-refractivity contribution in [2.24, 2.45) is 0 Å². The van der Waals surface area contributed by atoms with E-state index in [-0.39, 0.29) is 11.7 Å². The normalized spacial score (nSPS) is 21.1. The van der Waals surface area contributed by atoms with Crippen LogP contribution in [0, 0.1) is 0 Å². The molecule has 2 atom stereocenters. The second-order valence-electron chi connectivity index (χ2n) is 5.56. The quantitative estimate of drug-likeness (QED) is 0.839. The van der Waals surface area contributed by atoms with Crippen molar-refractivity contribution in [1.29, 1.82) is 0 Å². The molecule has 23 heavy (non-hydrogen) atoms. The SMILES string of the molecule is CCOC(=O)c1ncn(C2CNCCC2O)c1-c1ccccc1. The summed E-state index contributed by atoms with van der Waals surface area (Å²) in [6, 6.07) is 9.45. The second kappa shape index (κ2) is 6.93. The van der Waals surface area contributed by atoms with Gasteiger partial charge in [-0.15, -0.1) is 0 Å². The lowest BCUT2D eigenvalue weighted by atomic mass is 10.0. The van der Waals surface area contributed by atoms with Gasteiger partial charge in [0, 0.05) is 12.1 Å². The summed E-state index contributed by atoms with van der Waals surface area (Å²) in [5.74, 6) is -0.441. The predicted molar refractivity (Wildman–Crippen MR) is 86.2 cm³/mol. The fourth-order valence-corrected chi connectivity index (χ4v) is 2.96. The van der Waals surface area contributed by atoms with Crippen LogP contribution >= 0.6 is 0 Å². The van der Waals surface area contributed by atoms with E-state index in [0.717, 1.165) is 12.1 Å². The summed E-state index contributed by atoms with van der Waals surface area (Å²) in [4.78, 5) is 16.5. The average Bonchev–Trinajstić information content (AvgIpc) is 3.01. The van der Waals surface area contributed by atoms with Gasteiger partial charge in [-0.05, 0) is 19.9 Å². The Labute approximate surface area is 135 Å². The van der Waals surface area contributed by atoms with E-state index in [9.17, 15) is 9.90 Å². The first kappa shape index (κ1) is 15.7. The van der Waals surface area contributed by atoms with Crippen LogP contribution in [0.4, 0.5) is 0 Å². The van der Waals surface area contributed by atoms with Gasteiger partial charge in [0.2, 0.25) is 0 Å². The highest BCUT2D eigenvalue weighted by molar-refractivity contribution is 5.94. The Morgan fingerprint density at radius 3 is 2.91 bits per heavy atom. The largest absolute Gasteiger partial charge is 0.461 e. The van der Waals surface area contributed by atoms with Gasteiger partial charge in [-0.3, -0.25) is 0 Å². The van der Waals surface area contributed by atoms with Crippen LogP contribution in [0.2, 0.25) is 0 Å². The Morgan fingerprint density at radius 2 is 2.22 bits per heavy atom. The molecule has 1 aromatic carbocycles. The average molecular weight is 315 g/mol. The number of piperidine rings is 1. The van der Waals surface area contributed by atoms with Crippen molar-refractivity contribution in [2.75, 3.05) is 19.7 Å². The summed E-state index contributed by atoms with van der Waals surface area (Å²) in [5, 5.41) is 13.6. The van der Waals surface area contributed by atoms with Gasteiger partial charge in [0.05, 0.1) is 30.8 Å². The summed E-state index contributed by atoms with van der Waals surface area (Å²) < 4.78 is 7.01. The fourth-order valence-electron chi connectivity index (χ4n) is 2.96. The molecule has 2 N–H and O–H groups in total. The molecular weight excluding hydrogens is 294 g/mol. The molecule has 6 heteroatoms. The monoisotopic (exact) mass is 315 g/mol. The smallest absolute Gasteiger partial charge is 0.359 e. The number of ether oxygens (including phenoxy) is 1. The van der Waals surface area contributed by atoms with E-state index >= 15 is 0 Å². The van der Waals surface area contributed by atoms with Crippen molar-refractivity contribution in [2.45, 2.75) is 25.5 Å². The van der Waals surface area contributed by atoms with Gasteiger partial charge in [0.1, 0.15) is 0 Å². The lowest BCUT2D eigenvalue weighted by molar-refractivity contribution is 0.0520. The maximum Gasteiger partial charge on any atom is 0.359 e. The third-order valence-electron chi connectivity index (χ3n) is 4.08. The summed E-state index contributed by atoms with van der Waals surface area (Å²) in [6.07, 6.45) is 1.82. The molecule has 0 aliphatic carbocycles. The number of carbonyl (C=O) groups excluding carboxylic acids is 1. The number of benzene rings is 1. The minimum atomic E-state index is -0.469. The third-order valence-corrected chi connectivity index (χ3v) is 4.08. The van der Waals surface area contributed by atoms with Crippen molar-refractivity contribution in [3.63, 3.8) is 0 Å². The van der Waals surface area contributed by atoms with Crippen molar-refractivity contribution in [3.05, 3.63) is 42.4 Å². The minimum Gasteiger partial charge on any atom is -0.461 e. The van der Waals surface area contributed by atoms with Gasteiger partial charge >= 0.3 is 5.97 Å². The van der Waals surface area contributed by atoms with Crippen LogP contribution in [0.25, 0.3) is 11.3 Å². The number of nitrogens with one attached hydrogen (secondary N) is 1. The lowest BCUT2D eigenvalue weighted by Gasteiger charge is -2.30. The minimum absolute atomic E-state index is 0.158. The second-order valence-corrected chi connectivity index (χ2v) is 5.56. The third kappa shape index (κ3) is 3.13. The van der Waals surface area contributed by atoms with Gasteiger partial charge in [0.15, 0.2) is 5.69 Å². The summed E-state index contributed by atoms with van der Waals surface area (Å²) >= 11 is 0. The number of imidazole rings is 1. The van der Waals surface area contributed by atoms with Crippen LogP contribution in [-0.2, 0) is 4.74 Å². The van der Waals surface area contributed by atoms with Gasteiger partial charge in [-0.2, -0.15) is 0 Å². The molecule has 1 aliphatic rings. The number of rotatable bonds is 4. The van der Waals surface area contributed by atoms with E-state index in [1.807, 2.05) is 34.9 Å². The molecule has 2 heterocycles. The maximum atomic E-state index is 12.2. The molecule has 0 spiro atoms. The molecule has 0 saturated carbocycles. The zero-order valence-corrected chi connectivity index (χ0v) is 13.1. The molecule has 1 saturated heterocycles. The Hall–Kier alpha value is -2.18. The number of aliphatic hydroxyl groups excluding tert-OH is 1. The molecule has 1 aliphatic heterocycles. The van der Waals surface area contributed by atoms with Crippen LogP contribution in [0.5, 0.6) is 0 Å². The summed E-state index contributed by atoms with van der Waals surface area (Å²) in [7, 11) is 0. The fraction of sp³-hybridized carbons (Fsp3) is 0.412. The van der Waals surface area contributed by atoms with Crippen molar-refractivity contribution in [1.82, 2.24) is 14.9 Å². The van der Waals surface area contributed by atoms with E-state index in [1.165, 1.54) is 0 Å². The molecule has 122 valence electrons. The van der Waals surface area contributed by atoms with Gasteiger partial charge < -0.3 is 19.7 Å². The topological polar surface area (TPSA) is 76.4 Å². The molecule has 1 aromatic heterocycles. The van der Waals surface area contributed by atoms with E-state index < -0.39 is 12.1 Å². The van der Waals surface area contributed by atoms with Crippen molar-refractivity contribution >= 4 is 5.97 Å². The number of hydrogen-bond donors (Lipinski definition) is 2. The Bertz CT molecular complexity index is 669. The number of aromatic nitrogens is 2. The molecule has 2 unspecified atom stereocenters. The van der Waals surface area contributed by atoms with E-state index in [0.29, 0.717) is 25.3 Å². The van der Waals surface area contributed by atoms with Crippen molar-refractivity contribution < 1.29 is 14.6 Å². The Balaban J connectivity index is 2.07.